The second kappa shape index (κ2) is 7.43. The van der Waals surface area contributed by atoms with Crippen LogP contribution in [-0.2, 0) is 0 Å². The lowest BCUT2D eigenvalue weighted by Gasteiger charge is -2.12. The summed E-state index contributed by atoms with van der Waals surface area (Å²) < 4.78 is 0. The minimum absolute atomic E-state index is 0.0378. The summed E-state index contributed by atoms with van der Waals surface area (Å²) in [5, 5.41) is 63.9. The molecule has 0 saturated carbocycles. The van der Waals surface area contributed by atoms with Gasteiger partial charge in [0.2, 0.25) is 17.2 Å². The summed E-state index contributed by atoms with van der Waals surface area (Å²) in [4.78, 5) is 0. The smallest absolute Gasteiger partial charge is 0.208 e. The molecule has 0 saturated heterocycles. The monoisotopic (exact) mass is 354 g/mol. The normalized spacial score (nSPS) is 11.3. The van der Waals surface area contributed by atoms with Crippen molar-refractivity contribution in [2.75, 3.05) is 0 Å². The van der Waals surface area contributed by atoms with E-state index in [-0.39, 0.29) is 17.0 Å². The number of allylic oxidation sites excluding steroid dienone is 3. The van der Waals surface area contributed by atoms with E-state index >= 15 is 0 Å². The van der Waals surface area contributed by atoms with Gasteiger partial charge in [-0.05, 0) is 30.2 Å². The van der Waals surface area contributed by atoms with Crippen LogP contribution in [0.4, 0.5) is 0 Å². The number of nitrogens with one attached hydrogen (secondary N) is 2. The van der Waals surface area contributed by atoms with Crippen LogP contribution in [-0.4, -0.2) is 37.0 Å². The van der Waals surface area contributed by atoms with Gasteiger partial charge in [-0.3, -0.25) is 10.8 Å². The summed E-state index contributed by atoms with van der Waals surface area (Å²) >= 11 is 0. The molecule has 0 spiro atoms. The van der Waals surface area contributed by atoms with Gasteiger partial charge in [0.15, 0.2) is 11.5 Å². The summed E-state index contributed by atoms with van der Waals surface area (Å²) in [6.45, 7) is 1.76. The van der Waals surface area contributed by atoms with Crippen molar-refractivity contribution in [1.29, 1.82) is 10.8 Å². The highest BCUT2D eigenvalue weighted by Crippen LogP contribution is 2.54. The average molecular weight is 354 g/mol. The molecule has 0 bridgehead atoms. The molecule has 0 unspecified atom stereocenters. The number of hydrogen-bond acceptors (Lipinski definition) is 7. The third-order valence-electron chi connectivity index (χ3n) is 3.64. The van der Waals surface area contributed by atoms with Crippen molar-refractivity contribution in [2.45, 2.75) is 6.92 Å². The first-order valence-electron chi connectivity index (χ1n) is 7.55. The van der Waals surface area contributed by atoms with Crippen LogP contribution in [0, 0.1) is 10.8 Å². The summed E-state index contributed by atoms with van der Waals surface area (Å²) in [6.07, 6.45) is 6.26. The van der Waals surface area contributed by atoms with Gasteiger partial charge in [0.1, 0.15) is 0 Å². The summed E-state index contributed by atoms with van der Waals surface area (Å²) in [5.41, 5.74) is 0.870. The lowest BCUT2D eigenvalue weighted by Crippen LogP contribution is -2.04. The molecule has 134 valence electrons. The molecule has 7 N–H and O–H groups in total. The molecular formula is C19H18N2O5. The molecule has 0 amide bonds. The second-order valence-electron chi connectivity index (χ2n) is 5.40. The molecule has 0 fully saturated rings. The maximum Gasteiger partial charge on any atom is 0.208 e. The number of aromatic hydroxyl groups is 5. The van der Waals surface area contributed by atoms with E-state index < -0.39 is 28.7 Å². The van der Waals surface area contributed by atoms with E-state index in [0.717, 1.165) is 0 Å². The van der Waals surface area contributed by atoms with Crippen molar-refractivity contribution in [3.8, 4) is 39.9 Å². The van der Waals surface area contributed by atoms with Crippen molar-refractivity contribution in [1.82, 2.24) is 0 Å². The summed E-state index contributed by atoms with van der Waals surface area (Å²) in [6, 6.07) is 6.28. The fraction of sp³-hybridized carbons (Fsp3) is 0.0526. The zero-order chi connectivity index (χ0) is 19.4. The first-order chi connectivity index (χ1) is 12.3. The molecule has 2 aromatic carbocycles. The molecular weight excluding hydrogens is 336 g/mol. The predicted octanol–water partition coefficient (Wildman–Crippen LogP) is 3.51. The zero-order valence-electron chi connectivity index (χ0n) is 13.9. The fourth-order valence-corrected chi connectivity index (χ4v) is 2.25. The minimum atomic E-state index is -1.01. The van der Waals surface area contributed by atoms with Crippen LogP contribution >= 0.6 is 0 Å². The van der Waals surface area contributed by atoms with E-state index in [0.29, 0.717) is 11.1 Å². The van der Waals surface area contributed by atoms with E-state index in [4.69, 9.17) is 10.8 Å². The average Bonchev–Trinajstić information content (AvgIpc) is 2.64. The Morgan fingerprint density at radius 3 is 1.69 bits per heavy atom. The van der Waals surface area contributed by atoms with E-state index in [2.05, 4.69) is 0 Å². The molecule has 0 aromatic heterocycles. The third-order valence-corrected chi connectivity index (χ3v) is 3.64. The van der Waals surface area contributed by atoms with E-state index in [1.54, 1.807) is 31.2 Å². The fourth-order valence-electron chi connectivity index (χ4n) is 2.25. The first kappa shape index (κ1) is 18.6. The topological polar surface area (TPSA) is 149 Å². The minimum Gasteiger partial charge on any atom is -0.504 e. The summed E-state index contributed by atoms with van der Waals surface area (Å²) in [7, 11) is 0. The van der Waals surface area contributed by atoms with Gasteiger partial charge in [0.25, 0.3) is 0 Å². The summed E-state index contributed by atoms with van der Waals surface area (Å²) in [5.74, 6) is -4.40. The number of phenolic OH excluding ortho intramolecular Hbond substituents is 5. The van der Waals surface area contributed by atoms with Gasteiger partial charge >= 0.3 is 0 Å². The molecule has 2 rings (SSSR count). The lowest BCUT2D eigenvalue weighted by atomic mass is 10.00. The van der Waals surface area contributed by atoms with Crippen molar-refractivity contribution < 1.29 is 25.5 Å². The van der Waals surface area contributed by atoms with Crippen LogP contribution in [0.1, 0.15) is 12.5 Å². The van der Waals surface area contributed by atoms with Gasteiger partial charge in [0, 0.05) is 0 Å². The molecule has 7 nitrogen and oxygen atoms in total. The maximum absolute atomic E-state index is 9.94. The van der Waals surface area contributed by atoms with Gasteiger partial charge in [-0.2, -0.15) is 0 Å². The van der Waals surface area contributed by atoms with Crippen molar-refractivity contribution in [3.05, 3.63) is 48.1 Å². The molecule has 2 aromatic rings. The zero-order valence-corrected chi connectivity index (χ0v) is 13.9. The molecule has 0 aliphatic rings. The Morgan fingerprint density at radius 1 is 0.731 bits per heavy atom. The largest absolute Gasteiger partial charge is 0.504 e. The van der Waals surface area contributed by atoms with Gasteiger partial charge in [-0.1, -0.05) is 36.4 Å². The Balaban J connectivity index is 2.34. The Kier molecular flexibility index (Phi) is 5.32. The molecule has 0 aliphatic carbocycles. The molecule has 0 atom stereocenters. The van der Waals surface area contributed by atoms with E-state index in [1.165, 1.54) is 24.3 Å². The Hall–Kier alpha value is -3.74. The van der Waals surface area contributed by atoms with Crippen LogP contribution in [0.5, 0.6) is 28.7 Å². The van der Waals surface area contributed by atoms with Gasteiger partial charge < -0.3 is 25.5 Å². The highest BCUT2D eigenvalue weighted by atomic mass is 16.4. The van der Waals surface area contributed by atoms with Crippen molar-refractivity contribution in [2.24, 2.45) is 0 Å². The predicted molar refractivity (Wildman–Crippen MR) is 99.5 cm³/mol. The third kappa shape index (κ3) is 3.51. The van der Waals surface area contributed by atoms with Crippen LogP contribution in [0.2, 0.25) is 0 Å². The van der Waals surface area contributed by atoms with Crippen LogP contribution in [0.3, 0.4) is 0 Å². The van der Waals surface area contributed by atoms with Crippen LogP contribution in [0.25, 0.3) is 17.2 Å². The highest BCUT2D eigenvalue weighted by Gasteiger charge is 2.23. The molecule has 0 heterocycles. The molecule has 26 heavy (non-hydrogen) atoms. The number of benzene rings is 2. The van der Waals surface area contributed by atoms with Gasteiger partial charge in [-0.15, -0.1) is 0 Å². The van der Waals surface area contributed by atoms with E-state index in [9.17, 15) is 25.5 Å². The Bertz CT molecular complexity index is 899. The van der Waals surface area contributed by atoms with Gasteiger partial charge in [0.05, 0.1) is 17.0 Å². The quantitative estimate of drug-likeness (QED) is 0.249. The second-order valence-corrected chi connectivity index (χ2v) is 5.40. The Morgan fingerprint density at radius 2 is 1.19 bits per heavy atom. The SMILES string of the molecule is C/C=C\C(=N)C(=N)/C=C/c1ccc(-c2c(O)c(O)c(O)c(O)c2O)cc1. The number of hydrogen-bond donors (Lipinski definition) is 7. The highest BCUT2D eigenvalue weighted by molar-refractivity contribution is 6.48. The van der Waals surface area contributed by atoms with Crippen LogP contribution < -0.4 is 0 Å². The first-order valence-corrected chi connectivity index (χ1v) is 7.55. The maximum atomic E-state index is 9.94. The molecule has 0 radical (unpaired) electrons. The number of rotatable bonds is 5. The van der Waals surface area contributed by atoms with E-state index in [1.807, 2.05) is 0 Å². The van der Waals surface area contributed by atoms with Crippen molar-refractivity contribution >= 4 is 17.5 Å². The number of phenols is 5. The Labute approximate surface area is 149 Å². The molecule has 0 aliphatic heterocycles. The van der Waals surface area contributed by atoms with Gasteiger partial charge in [-0.25, -0.2) is 0 Å². The van der Waals surface area contributed by atoms with Crippen molar-refractivity contribution in [3.63, 3.8) is 0 Å². The van der Waals surface area contributed by atoms with Crippen LogP contribution in [0.15, 0.2) is 42.5 Å². The lowest BCUT2D eigenvalue weighted by molar-refractivity contribution is 0.330. The standard InChI is InChI=1S/C19H18N2O5/c1-2-3-12(20)13(21)9-6-10-4-7-11(8-5-10)14-15(22)17(24)19(26)18(25)16(14)23/h2-9,20-26H,1H3/b3-2-,9-6+,20-12?,21-13?. The molecule has 7 heteroatoms.